The van der Waals surface area contributed by atoms with Crippen molar-refractivity contribution in [1.29, 1.82) is 0 Å². The summed E-state index contributed by atoms with van der Waals surface area (Å²) in [5, 5.41) is 8.94. The predicted molar refractivity (Wildman–Crippen MR) is 71.2 cm³/mol. The third-order valence-electron chi connectivity index (χ3n) is 2.94. The molecule has 6 nitrogen and oxygen atoms in total. The molecule has 104 valence electrons. The van der Waals surface area contributed by atoms with Crippen LogP contribution in [0.2, 0.25) is 0 Å². The van der Waals surface area contributed by atoms with Gasteiger partial charge in [-0.15, -0.1) is 0 Å². The van der Waals surface area contributed by atoms with Crippen LogP contribution in [-0.4, -0.2) is 36.1 Å². The number of fused-ring (bicyclic) bond motifs is 1. The number of hydrogen-bond acceptors (Lipinski definition) is 4. The number of amides is 1. The molecule has 0 fully saturated rings. The summed E-state index contributed by atoms with van der Waals surface area (Å²) in [5.41, 5.74) is 0.616. The summed E-state index contributed by atoms with van der Waals surface area (Å²) in [7, 11) is 0. The van der Waals surface area contributed by atoms with Crippen molar-refractivity contribution in [3.63, 3.8) is 0 Å². The SMILES string of the molecule is C=CCOC(=O)N1CCC(=O)c2cc(C(=O)O)ccc21. The fraction of sp³-hybridized carbons (Fsp3) is 0.214. The van der Waals surface area contributed by atoms with Gasteiger partial charge in [0.1, 0.15) is 6.61 Å². The molecule has 0 atom stereocenters. The van der Waals surface area contributed by atoms with Gasteiger partial charge in [-0.2, -0.15) is 0 Å². The molecule has 1 aromatic carbocycles. The lowest BCUT2D eigenvalue weighted by molar-refractivity contribution is 0.0697. The topological polar surface area (TPSA) is 83.9 Å². The minimum atomic E-state index is -1.12. The maximum absolute atomic E-state index is 11.9. The summed E-state index contributed by atoms with van der Waals surface area (Å²) in [6.45, 7) is 3.74. The first-order chi connectivity index (χ1) is 9.54. The molecule has 6 heteroatoms. The fourth-order valence-electron chi connectivity index (χ4n) is 1.99. The Morgan fingerprint density at radius 2 is 2.20 bits per heavy atom. The van der Waals surface area contributed by atoms with Crippen LogP contribution in [0.15, 0.2) is 30.9 Å². The molecule has 1 amide bonds. The van der Waals surface area contributed by atoms with Crippen LogP contribution in [0.5, 0.6) is 0 Å². The van der Waals surface area contributed by atoms with E-state index in [0.29, 0.717) is 5.69 Å². The monoisotopic (exact) mass is 275 g/mol. The number of carbonyl (C=O) groups is 3. The second-order valence-corrected chi connectivity index (χ2v) is 4.23. The van der Waals surface area contributed by atoms with Crippen LogP contribution in [0.4, 0.5) is 10.5 Å². The van der Waals surface area contributed by atoms with E-state index < -0.39 is 12.1 Å². The van der Waals surface area contributed by atoms with Crippen molar-refractivity contribution in [3.05, 3.63) is 42.0 Å². The molecule has 0 aliphatic carbocycles. The lowest BCUT2D eigenvalue weighted by Crippen LogP contribution is -2.38. The van der Waals surface area contributed by atoms with E-state index >= 15 is 0 Å². The normalized spacial score (nSPS) is 13.6. The highest BCUT2D eigenvalue weighted by Crippen LogP contribution is 2.28. The van der Waals surface area contributed by atoms with Gasteiger partial charge < -0.3 is 9.84 Å². The Morgan fingerprint density at radius 3 is 2.85 bits per heavy atom. The average molecular weight is 275 g/mol. The second kappa shape index (κ2) is 5.56. The number of ether oxygens (including phenoxy) is 1. The molecule has 0 spiro atoms. The molecule has 1 aliphatic rings. The van der Waals surface area contributed by atoms with Gasteiger partial charge >= 0.3 is 12.1 Å². The molecule has 1 N–H and O–H groups in total. The van der Waals surface area contributed by atoms with Crippen LogP contribution in [0.3, 0.4) is 0 Å². The highest BCUT2D eigenvalue weighted by molar-refractivity contribution is 6.09. The van der Waals surface area contributed by atoms with E-state index in [9.17, 15) is 14.4 Å². The zero-order valence-electron chi connectivity index (χ0n) is 10.7. The first-order valence-electron chi connectivity index (χ1n) is 6.00. The standard InChI is InChI=1S/C14H13NO5/c1-2-7-20-14(19)15-6-5-12(16)10-8-9(13(17)18)3-4-11(10)15/h2-4,8H,1,5-7H2,(H,17,18). The predicted octanol–water partition coefficient (Wildman–Crippen LogP) is 2.10. The van der Waals surface area contributed by atoms with Crippen molar-refractivity contribution >= 4 is 23.5 Å². The Balaban J connectivity index is 2.36. The van der Waals surface area contributed by atoms with Crippen LogP contribution in [0.25, 0.3) is 0 Å². The van der Waals surface area contributed by atoms with Gasteiger partial charge in [0.15, 0.2) is 5.78 Å². The molecular formula is C14H13NO5. The van der Waals surface area contributed by atoms with E-state index in [1.807, 2.05) is 0 Å². The Morgan fingerprint density at radius 1 is 1.45 bits per heavy atom. The summed E-state index contributed by atoms with van der Waals surface area (Å²) in [6, 6.07) is 4.09. The molecule has 0 unspecified atom stereocenters. The second-order valence-electron chi connectivity index (χ2n) is 4.23. The van der Waals surface area contributed by atoms with E-state index in [1.165, 1.54) is 29.2 Å². The van der Waals surface area contributed by atoms with Gasteiger partial charge in [-0.25, -0.2) is 9.59 Å². The summed E-state index contributed by atoms with van der Waals surface area (Å²) < 4.78 is 4.94. The van der Waals surface area contributed by atoms with Gasteiger partial charge in [-0.05, 0) is 18.2 Å². The minimum absolute atomic E-state index is 0.0124. The molecule has 1 aromatic rings. The minimum Gasteiger partial charge on any atom is -0.478 e. The first kappa shape index (κ1) is 13.8. The molecule has 0 bridgehead atoms. The maximum Gasteiger partial charge on any atom is 0.414 e. The smallest absolute Gasteiger partial charge is 0.414 e. The summed E-state index contributed by atoms with van der Waals surface area (Å²) in [6.07, 6.45) is 1.00. The number of carboxylic acids is 1. The third-order valence-corrected chi connectivity index (χ3v) is 2.94. The summed E-state index contributed by atoms with van der Waals surface area (Å²) in [4.78, 5) is 36.0. The lowest BCUT2D eigenvalue weighted by Gasteiger charge is -2.27. The number of Topliss-reactive ketones (excluding diaryl/α,β-unsaturated/α-hetero) is 1. The lowest BCUT2D eigenvalue weighted by atomic mass is 9.98. The maximum atomic E-state index is 11.9. The number of anilines is 1. The Hall–Kier alpha value is -2.63. The van der Waals surface area contributed by atoms with E-state index in [1.54, 1.807) is 0 Å². The van der Waals surface area contributed by atoms with Crippen LogP contribution in [0, 0.1) is 0 Å². The fourth-order valence-corrected chi connectivity index (χ4v) is 1.99. The molecule has 0 aromatic heterocycles. The molecular weight excluding hydrogens is 262 g/mol. The van der Waals surface area contributed by atoms with Crippen LogP contribution in [-0.2, 0) is 4.74 Å². The zero-order valence-corrected chi connectivity index (χ0v) is 10.7. The van der Waals surface area contributed by atoms with E-state index in [2.05, 4.69) is 6.58 Å². The molecule has 20 heavy (non-hydrogen) atoms. The average Bonchev–Trinajstić information content (AvgIpc) is 2.44. The van der Waals surface area contributed by atoms with Crippen molar-refractivity contribution in [2.75, 3.05) is 18.1 Å². The summed E-state index contributed by atoms with van der Waals surface area (Å²) >= 11 is 0. The first-order valence-corrected chi connectivity index (χ1v) is 6.00. The number of hydrogen-bond donors (Lipinski definition) is 1. The zero-order chi connectivity index (χ0) is 14.7. The molecule has 1 heterocycles. The molecule has 0 saturated carbocycles. The van der Waals surface area contributed by atoms with Crippen molar-refractivity contribution in [3.8, 4) is 0 Å². The Kier molecular flexibility index (Phi) is 3.84. The number of benzene rings is 1. The van der Waals surface area contributed by atoms with Crippen molar-refractivity contribution < 1.29 is 24.2 Å². The number of rotatable bonds is 3. The van der Waals surface area contributed by atoms with Gasteiger partial charge in [0, 0.05) is 18.5 Å². The number of aromatic carboxylic acids is 1. The van der Waals surface area contributed by atoms with Crippen molar-refractivity contribution in [2.24, 2.45) is 0 Å². The van der Waals surface area contributed by atoms with Crippen LogP contribution < -0.4 is 4.90 Å². The largest absolute Gasteiger partial charge is 0.478 e. The number of carboxylic acid groups (broad SMARTS) is 1. The van der Waals surface area contributed by atoms with E-state index in [4.69, 9.17) is 9.84 Å². The van der Waals surface area contributed by atoms with Crippen LogP contribution in [0.1, 0.15) is 27.1 Å². The van der Waals surface area contributed by atoms with Gasteiger partial charge in [0.05, 0.1) is 11.3 Å². The quantitative estimate of drug-likeness (QED) is 0.854. The van der Waals surface area contributed by atoms with Gasteiger partial charge in [0.2, 0.25) is 0 Å². The highest BCUT2D eigenvalue weighted by atomic mass is 16.6. The third kappa shape index (κ3) is 2.54. The van der Waals surface area contributed by atoms with Crippen LogP contribution >= 0.6 is 0 Å². The molecule has 1 aliphatic heterocycles. The highest BCUT2D eigenvalue weighted by Gasteiger charge is 2.28. The Bertz CT molecular complexity index is 593. The van der Waals surface area contributed by atoms with E-state index in [-0.39, 0.29) is 36.5 Å². The number of carbonyl (C=O) groups excluding carboxylic acids is 2. The number of ketones is 1. The van der Waals surface area contributed by atoms with E-state index in [0.717, 1.165) is 0 Å². The van der Waals surface area contributed by atoms with Gasteiger partial charge in [0.25, 0.3) is 0 Å². The van der Waals surface area contributed by atoms with Crippen molar-refractivity contribution in [2.45, 2.75) is 6.42 Å². The van der Waals surface area contributed by atoms with Gasteiger partial charge in [-0.1, -0.05) is 12.7 Å². The van der Waals surface area contributed by atoms with Crippen molar-refractivity contribution in [1.82, 2.24) is 0 Å². The molecule has 0 radical (unpaired) electrons. The molecule has 0 saturated heterocycles. The summed E-state index contributed by atoms with van der Waals surface area (Å²) in [5.74, 6) is -1.30. The Labute approximate surface area is 115 Å². The van der Waals surface area contributed by atoms with Gasteiger partial charge in [-0.3, -0.25) is 9.69 Å². The molecule has 2 rings (SSSR count). The number of nitrogens with zero attached hydrogens (tertiary/aromatic N) is 1.